The first-order valence-corrected chi connectivity index (χ1v) is 6.64. The van der Waals surface area contributed by atoms with Crippen LogP contribution < -0.4 is 0 Å². The number of rotatable bonds is 7. The Hall–Kier alpha value is -0.250. The molecule has 3 nitrogen and oxygen atoms in total. The van der Waals surface area contributed by atoms with Crippen LogP contribution in [0.2, 0.25) is 0 Å². The van der Waals surface area contributed by atoms with Crippen molar-refractivity contribution in [1.29, 1.82) is 0 Å². The number of phenols is 1. The Balaban J connectivity index is -0.00000108. The van der Waals surface area contributed by atoms with Crippen molar-refractivity contribution in [2.24, 2.45) is 5.92 Å². The molecule has 0 radical (unpaired) electrons. The van der Waals surface area contributed by atoms with Gasteiger partial charge < -0.3 is 12.7 Å². The summed E-state index contributed by atoms with van der Waals surface area (Å²) in [6.45, 7) is 4.69. The van der Waals surface area contributed by atoms with Crippen LogP contribution in [0.4, 0.5) is 0 Å². The van der Waals surface area contributed by atoms with Crippen molar-refractivity contribution in [3.63, 3.8) is 0 Å². The van der Waals surface area contributed by atoms with Crippen molar-refractivity contribution in [3.05, 3.63) is 29.8 Å². The molecule has 0 aliphatic carbocycles. The molecule has 4 heteroatoms. The number of benzene rings is 1. The van der Waals surface area contributed by atoms with E-state index in [0.717, 1.165) is 25.7 Å². The second-order valence-corrected chi connectivity index (χ2v) is 4.53. The molecule has 1 aromatic rings. The Morgan fingerprint density at radius 2 is 2.05 bits per heavy atom. The van der Waals surface area contributed by atoms with Crippen molar-refractivity contribution < 1.29 is 17.5 Å². The standard InChI is InChI=1S/C15H22O3.Ca.2H/c1-3-5-8-12(4-2)11-18-15(17)13-9-6-7-10-14(13)16;;;/h6-7,9-10,12,16H,3-5,8,11H2,1-2H3;;;/q;+2;2*-1. The van der Waals surface area contributed by atoms with Gasteiger partial charge in [0.2, 0.25) is 0 Å². The van der Waals surface area contributed by atoms with Crippen LogP contribution in [0, 0.1) is 5.92 Å². The number of carbonyl (C=O) groups excluding carboxylic acids is 1. The van der Waals surface area contributed by atoms with Gasteiger partial charge >= 0.3 is 43.7 Å². The van der Waals surface area contributed by atoms with Crippen LogP contribution >= 0.6 is 0 Å². The van der Waals surface area contributed by atoms with Gasteiger partial charge in [-0.3, -0.25) is 0 Å². The number of hydrogen-bond acceptors (Lipinski definition) is 3. The Bertz CT molecular complexity index is 389. The summed E-state index contributed by atoms with van der Waals surface area (Å²) in [5.41, 5.74) is 0.239. The number of unbranched alkanes of at least 4 members (excludes halogenated alkanes) is 1. The zero-order valence-corrected chi connectivity index (χ0v) is 14.1. The summed E-state index contributed by atoms with van der Waals surface area (Å²) in [6.07, 6.45) is 4.41. The van der Waals surface area contributed by atoms with Crippen molar-refractivity contribution >= 4 is 43.7 Å². The molecule has 0 aliphatic heterocycles. The Labute approximate surface area is 148 Å². The van der Waals surface area contributed by atoms with Crippen molar-refractivity contribution in [1.82, 2.24) is 0 Å². The number of aromatic hydroxyl groups is 1. The van der Waals surface area contributed by atoms with Crippen molar-refractivity contribution in [2.45, 2.75) is 39.5 Å². The van der Waals surface area contributed by atoms with Crippen LogP contribution in [0.3, 0.4) is 0 Å². The third-order valence-corrected chi connectivity index (χ3v) is 3.12. The summed E-state index contributed by atoms with van der Waals surface area (Å²) >= 11 is 0. The first kappa shape index (κ1) is 18.7. The fourth-order valence-corrected chi connectivity index (χ4v) is 1.82. The summed E-state index contributed by atoms with van der Waals surface area (Å²) in [7, 11) is 0. The smallest absolute Gasteiger partial charge is 1.00 e. The number of ether oxygens (including phenoxy) is 1. The maximum atomic E-state index is 11.8. The average Bonchev–Trinajstić information content (AvgIpc) is 2.39. The first-order valence-electron chi connectivity index (χ1n) is 6.64. The molecular formula is C15H24CaO3. The largest absolute Gasteiger partial charge is 2.00 e. The van der Waals surface area contributed by atoms with Gasteiger partial charge in [0.15, 0.2) is 0 Å². The van der Waals surface area contributed by atoms with Crippen LogP contribution in [0.15, 0.2) is 24.3 Å². The van der Waals surface area contributed by atoms with E-state index < -0.39 is 5.97 Å². The third-order valence-electron chi connectivity index (χ3n) is 3.12. The summed E-state index contributed by atoms with van der Waals surface area (Å²) < 4.78 is 5.26. The second kappa shape index (κ2) is 10.5. The minimum Gasteiger partial charge on any atom is -1.00 e. The second-order valence-electron chi connectivity index (χ2n) is 4.53. The number of carbonyl (C=O) groups is 1. The van der Waals surface area contributed by atoms with Crippen LogP contribution in [0.1, 0.15) is 52.7 Å². The van der Waals surface area contributed by atoms with Crippen molar-refractivity contribution in [2.75, 3.05) is 6.61 Å². The molecular weight excluding hydrogens is 268 g/mol. The average molecular weight is 292 g/mol. The van der Waals surface area contributed by atoms with Gasteiger partial charge in [-0.15, -0.1) is 0 Å². The van der Waals surface area contributed by atoms with E-state index in [-0.39, 0.29) is 51.9 Å². The molecule has 0 saturated carbocycles. The van der Waals surface area contributed by atoms with Gasteiger partial charge in [-0.05, 0) is 24.5 Å². The summed E-state index contributed by atoms with van der Waals surface area (Å²) in [5.74, 6) is -0.0492. The summed E-state index contributed by atoms with van der Waals surface area (Å²) in [6, 6.07) is 6.46. The molecule has 1 aromatic carbocycles. The summed E-state index contributed by atoms with van der Waals surface area (Å²) in [4.78, 5) is 11.8. The van der Waals surface area contributed by atoms with Gasteiger partial charge in [0.25, 0.3) is 0 Å². The van der Waals surface area contributed by atoms with Crippen molar-refractivity contribution in [3.8, 4) is 5.75 Å². The quantitative estimate of drug-likeness (QED) is 0.617. The zero-order chi connectivity index (χ0) is 13.4. The van der Waals surface area contributed by atoms with E-state index in [0.29, 0.717) is 12.5 Å². The molecule has 1 rings (SSSR count). The Kier molecular flexibility index (Phi) is 10.4. The van der Waals surface area contributed by atoms with Gasteiger partial charge in [0.1, 0.15) is 11.3 Å². The molecule has 0 aliphatic rings. The molecule has 0 aromatic heterocycles. The molecule has 0 amide bonds. The minimum absolute atomic E-state index is 0. The van der Waals surface area contributed by atoms with E-state index in [1.165, 1.54) is 6.07 Å². The summed E-state index contributed by atoms with van der Waals surface area (Å²) in [5, 5.41) is 9.54. The predicted molar refractivity (Wildman–Crippen MR) is 79.7 cm³/mol. The fraction of sp³-hybridized carbons (Fsp3) is 0.533. The van der Waals surface area contributed by atoms with E-state index in [1.54, 1.807) is 18.2 Å². The molecule has 0 spiro atoms. The van der Waals surface area contributed by atoms with Gasteiger partial charge in [-0.25, -0.2) is 4.79 Å². The van der Waals surface area contributed by atoms with E-state index in [1.807, 2.05) is 0 Å². The van der Waals surface area contributed by atoms with Crippen LogP contribution in [-0.2, 0) is 4.74 Å². The van der Waals surface area contributed by atoms with Gasteiger partial charge in [-0.1, -0.05) is 45.2 Å². The number of hydrogen-bond donors (Lipinski definition) is 1. The van der Waals surface area contributed by atoms with E-state index >= 15 is 0 Å². The number of esters is 1. The zero-order valence-electron chi connectivity index (χ0n) is 13.9. The van der Waals surface area contributed by atoms with E-state index in [2.05, 4.69) is 13.8 Å². The molecule has 104 valence electrons. The van der Waals surface area contributed by atoms with E-state index in [9.17, 15) is 9.90 Å². The molecule has 19 heavy (non-hydrogen) atoms. The third kappa shape index (κ3) is 6.64. The Morgan fingerprint density at radius 3 is 2.63 bits per heavy atom. The first-order chi connectivity index (χ1) is 8.69. The van der Waals surface area contributed by atoms with Gasteiger partial charge in [0, 0.05) is 0 Å². The monoisotopic (exact) mass is 292 g/mol. The predicted octanol–water partition coefficient (Wildman–Crippen LogP) is 3.61. The number of para-hydroxylation sites is 1. The molecule has 0 saturated heterocycles. The number of phenolic OH excluding ortho intramolecular Hbond substituents is 1. The Morgan fingerprint density at radius 1 is 1.37 bits per heavy atom. The molecule has 1 unspecified atom stereocenters. The van der Waals surface area contributed by atoms with Crippen LogP contribution in [0.25, 0.3) is 0 Å². The van der Waals surface area contributed by atoms with Crippen LogP contribution in [0.5, 0.6) is 5.75 Å². The fourth-order valence-electron chi connectivity index (χ4n) is 1.82. The molecule has 1 N–H and O–H groups in total. The molecule has 0 heterocycles. The molecule has 1 atom stereocenters. The molecule has 0 fully saturated rings. The maximum Gasteiger partial charge on any atom is 2.00 e. The van der Waals surface area contributed by atoms with Gasteiger partial charge in [-0.2, -0.15) is 0 Å². The normalized spacial score (nSPS) is 11.5. The topological polar surface area (TPSA) is 46.5 Å². The minimum atomic E-state index is -0.442. The molecule has 0 bridgehead atoms. The maximum absolute atomic E-state index is 11.8. The van der Waals surface area contributed by atoms with Gasteiger partial charge in [0.05, 0.1) is 6.61 Å². The van der Waals surface area contributed by atoms with E-state index in [4.69, 9.17) is 4.74 Å². The SMILES string of the molecule is CCCCC(CC)COC(=O)c1ccccc1O.[Ca+2].[H-].[H-]. The van der Waals surface area contributed by atoms with Crippen LogP contribution in [-0.4, -0.2) is 55.4 Å².